The monoisotopic (exact) mass is 239 g/mol. The Morgan fingerprint density at radius 3 is 2.62 bits per heavy atom. The van der Waals surface area contributed by atoms with Crippen molar-refractivity contribution >= 4 is 26.7 Å². The Hall–Kier alpha value is -1.82. The van der Waals surface area contributed by atoms with Gasteiger partial charge in [0.05, 0.1) is 10.5 Å². The number of hydrogen-bond acceptors (Lipinski definition) is 3. The van der Waals surface area contributed by atoms with Crippen molar-refractivity contribution in [3.8, 4) is 0 Å². The normalized spacial score (nSPS) is 11.8. The number of carboxylic acid groups (broad SMARTS) is 1. The molecule has 0 aliphatic carbocycles. The van der Waals surface area contributed by atoms with E-state index in [0.29, 0.717) is 10.9 Å². The Labute approximate surface area is 91.6 Å². The Bertz CT molecular complexity index is 669. The van der Waals surface area contributed by atoms with E-state index in [1.54, 1.807) is 0 Å². The van der Waals surface area contributed by atoms with Gasteiger partial charge in [-0.05, 0) is 12.1 Å². The van der Waals surface area contributed by atoms with Crippen molar-refractivity contribution < 1.29 is 18.3 Å². The maximum Gasteiger partial charge on any atom is 0.337 e. The number of hydrogen-bond donors (Lipinski definition) is 2. The highest BCUT2D eigenvalue weighted by molar-refractivity contribution is 7.90. The number of nitrogens with one attached hydrogen (secondary N) is 1. The lowest BCUT2D eigenvalue weighted by atomic mass is 10.2. The molecule has 2 N–H and O–H groups in total. The highest BCUT2D eigenvalue weighted by atomic mass is 32.2. The van der Waals surface area contributed by atoms with Gasteiger partial charge in [-0.1, -0.05) is 6.07 Å². The molecule has 0 unspecified atom stereocenters. The standard InChI is InChI=1S/C10H9NO4S/c1-16(14,15)6-2-3-7-8(10(12)13)5-11-9(7)4-6/h2-5,11H,1H3,(H,12,13). The van der Waals surface area contributed by atoms with Crippen molar-refractivity contribution in [2.75, 3.05) is 6.26 Å². The molecule has 84 valence electrons. The first-order chi connectivity index (χ1) is 7.39. The molecule has 0 bridgehead atoms. The third kappa shape index (κ3) is 1.67. The summed E-state index contributed by atoms with van der Waals surface area (Å²) >= 11 is 0. The van der Waals surface area contributed by atoms with Gasteiger partial charge in [0.1, 0.15) is 0 Å². The number of fused-ring (bicyclic) bond motifs is 1. The van der Waals surface area contributed by atoms with Crippen LogP contribution in [-0.2, 0) is 9.84 Å². The average Bonchev–Trinajstić information content (AvgIpc) is 2.58. The minimum absolute atomic E-state index is 0.134. The molecule has 0 saturated heterocycles. The minimum Gasteiger partial charge on any atom is -0.478 e. The molecule has 0 amide bonds. The second kappa shape index (κ2) is 3.34. The van der Waals surface area contributed by atoms with Crippen LogP contribution >= 0.6 is 0 Å². The van der Waals surface area contributed by atoms with Crippen LogP contribution in [0.3, 0.4) is 0 Å². The van der Waals surface area contributed by atoms with Crippen LogP contribution in [0, 0.1) is 0 Å². The molecule has 1 aromatic heterocycles. The lowest BCUT2D eigenvalue weighted by molar-refractivity contribution is 0.0699. The molecule has 1 heterocycles. The maximum absolute atomic E-state index is 11.3. The van der Waals surface area contributed by atoms with Crippen LogP contribution < -0.4 is 0 Å². The van der Waals surface area contributed by atoms with E-state index in [2.05, 4.69) is 4.98 Å². The number of aromatic carboxylic acids is 1. The van der Waals surface area contributed by atoms with Gasteiger partial charge in [0, 0.05) is 23.4 Å². The number of aromatic amines is 1. The van der Waals surface area contributed by atoms with Crippen molar-refractivity contribution in [1.82, 2.24) is 4.98 Å². The smallest absolute Gasteiger partial charge is 0.337 e. The van der Waals surface area contributed by atoms with Crippen molar-refractivity contribution in [1.29, 1.82) is 0 Å². The molecule has 0 saturated carbocycles. The first-order valence-electron chi connectivity index (χ1n) is 4.44. The summed E-state index contributed by atoms with van der Waals surface area (Å²) in [4.78, 5) is 13.7. The van der Waals surface area contributed by atoms with Gasteiger partial charge in [0.25, 0.3) is 0 Å². The SMILES string of the molecule is CS(=O)(=O)c1ccc2c(C(=O)O)c[nH]c2c1. The van der Waals surface area contributed by atoms with E-state index < -0.39 is 15.8 Å². The second-order valence-corrected chi connectivity index (χ2v) is 5.50. The fourth-order valence-corrected chi connectivity index (χ4v) is 2.16. The lowest BCUT2D eigenvalue weighted by Gasteiger charge is -1.98. The highest BCUT2D eigenvalue weighted by Crippen LogP contribution is 2.21. The molecule has 5 nitrogen and oxygen atoms in total. The van der Waals surface area contributed by atoms with Crippen molar-refractivity contribution in [3.63, 3.8) is 0 Å². The number of rotatable bonds is 2. The molecular formula is C10H9NO4S. The number of carboxylic acids is 1. The number of carbonyl (C=O) groups is 1. The minimum atomic E-state index is -3.27. The van der Waals surface area contributed by atoms with Crippen LogP contribution in [0.2, 0.25) is 0 Å². The van der Waals surface area contributed by atoms with Gasteiger partial charge in [0.2, 0.25) is 0 Å². The summed E-state index contributed by atoms with van der Waals surface area (Å²) in [7, 11) is -3.27. The Morgan fingerprint density at radius 1 is 1.38 bits per heavy atom. The van der Waals surface area contributed by atoms with E-state index in [4.69, 9.17) is 5.11 Å². The van der Waals surface area contributed by atoms with E-state index in [1.807, 2.05) is 0 Å². The molecular weight excluding hydrogens is 230 g/mol. The van der Waals surface area contributed by atoms with Crippen LogP contribution in [0.15, 0.2) is 29.3 Å². The number of aromatic nitrogens is 1. The molecule has 0 spiro atoms. The number of H-pyrrole nitrogens is 1. The third-order valence-electron chi connectivity index (χ3n) is 2.31. The topological polar surface area (TPSA) is 87.2 Å². The van der Waals surface area contributed by atoms with Crippen LogP contribution in [0.5, 0.6) is 0 Å². The summed E-state index contributed by atoms with van der Waals surface area (Å²) in [6.07, 6.45) is 2.45. The van der Waals surface area contributed by atoms with Gasteiger partial charge in [0.15, 0.2) is 9.84 Å². The maximum atomic E-state index is 11.3. The lowest BCUT2D eigenvalue weighted by Crippen LogP contribution is -1.97. The number of benzene rings is 1. The van der Waals surface area contributed by atoms with E-state index in [9.17, 15) is 13.2 Å². The predicted octanol–water partition coefficient (Wildman–Crippen LogP) is 1.27. The summed E-state index contributed by atoms with van der Waals surface area (Å²) in [5.41, 5.74) is 0.635. The summed E-state index contributed by atoms with van der Waals surface area (Å²) in [6.45, 7) is 0. The van der Waals surface area contributed by atoms with Crippen molar-refractivity contribution in [2.45, 2.75) is 4.90 Å². The summed E-state index contributed by atoms with van der Waals surface area (Å²) in [5.74, 6) is -1.04. The molecule has 2 aromatic rings. The van der Waals surface area contributed by atoms with E-state index in [-0.39, 0.29) is 10.5 Å². The zero-order chi connectivity index (χ0) is 11.9. The van der Waals surface area contributed by atoms with Crippen molar-refractivity contribution in [2.24, 2.45) is 0 Å². The molecule has 1 aromatic carbocycles. The largest absolute Gasteiger partial charge is 0.478 e. The molecule has 0 aliphatic rings. The molecule has 0 atom stereocenters. The first-order valence-corrected chi connectivity index (χ1v) is 6.33. The molecule has 0 radical (unpaired) electrons. The first kappa shape index (κ1) is 10.7. The highest BCUT2D eigenvalue weighted by Gasteiger charge is 2.13. The van der Waals surface area contributed by atoms with Gasteiger partial charge in [-0.25, -0.2) is 13.2 Å². The Balaban J connectivity index is 2.71. The molecule has 0 aliphatic heterocycles. The van der Waals surface area contributed by atoms with Crippen molar-refractivity contribution in [3.05, 3.63) is 30.0 Å². The molecule has 6 heteroatoms. The summed E-state index contributed by atoms with van der Waals surface area (Å²) in [5, 5.41) is 9.36. The van der Waals surface area contributed by atoms with Crippen LogP contribution in [-0.4, -0.2) is 30.7 Å². The van der Waals surface area contributed by atoms with E-state index in [1.165, 1.54) is 24.4 Å². The van der Waals surface area contributed by atoms with Gasteiger partial charge < -0.3 is 10.1 Å². The zero-order valence-electron chi connectivity index (χ0n) is 8.39. The van der Waals surface area contributed by atoms with Gasteiger partial charge in [-0.2, -0.15) is 0 Å². The van der Waals surface area contributed by atoms with Gasteiger partial charge >= 0.3 is 5.97 Å². The fraction of sp³-hybridized carbons (Fsp3) is 0.100. The third-order valence-corrected chi connectivity index (χ3v) is 3.42. The van der Waals surface area contributed by atoms with Gasteiger partial charge in [-0.15, -0.1) is 0 Å². The second-order valence-electron chi connectivity index (χ2n) is 3.49. The van der Waals surface area contributed by atoms with Crippen LogP contribution in [0.25, 0.3) is 10.9 Å². The van der Waals surface area contributed by atoms with Crippen LogP contribution in [0.1, 0.15) is 10.4 Å². The summed E-state index contributed by atoms with van der Waals surface area (Å²) in [6, 6.07) is 4.32. The van der Waals surface area contributed by atoms with E-state index >= 15 is 0 Å². The van der Waals surface area contributed by atoms with Gasteiger partial charge in [-0.3, -0.25) is 0 Å². The average molecular weight is 239 g/mol. The molecule has 0 fully saturated rings. The molecule has 2 rings (SSSR count). The van der Waals surface area contributed by atoms with E-state index in [0.717, 1.165) is 6.26 Å². The van der Waals surface area contributed by atoms with Crippen LogP contribution in [0.4, 0.5) is 0 Å². The quantitative estimate of drug-likeness (QED) is 0.826. The number of sulfone groups is 1. The molecule has 16 heavy (non-hydrogen) atoms. The fourth-order valence-electron chi connectivity index (χ4n) is 1.51. The Kier molecular flexibility index (Phi) is 2.23. The predicted molar refractivity (Wildman–Crippen MR) is 58.4 cm³/mol. The summed E-state index contributed by atoms with van der Waals surface area (Å²) < 4.78 is 22.6. The Morgan fingerprint density at radius 2 is 2.06 bits per heavy atom. The zero-order valence-corrected chi connectivity index (χ0v) is 9.21.